The molecule has 0 bridgehead atoms. The Hall–Kier alpha value is -0.520. The third-order valence-corrected chi connectivity index (χ3v) is 3.41. The van der Waals surface area contributed by atoms with Crippen LogP contribution in [0.5, 0.6) is 0 Å². The van der Waals surface area contributed by atoms with E-state index in [0.29, 0.717) is 0 Å². The first-order valence-electron chi connectivity index (χ1n) is 6.18. The molecule has 2 saturated carbocycles. The Kier molecular flexibility index (Phi) is 3.44. The van der Waals surface area contributed by atoms with Crippen LogP contribution in [0.25, 0.3) is 0 Å². The van der Waals surface area contributed by atoms with Crippen LogP contribution >= 0.6 is 0 Å². The monoisotopic (exact) mass is 190 g/mol. The summed E-state index contributed by atoms with van der Waals surface area (Å²) < 4.78 is 0. The molecule has 2 aliphatic rings. The highest BCUT2D eigenvalue weighted by molar-refractivity contribution is 5.00. The summed E-state index contributed by atoms with van der Waals surface area (Å²) in [5, 5.41) is 0. The van der Waals surface area contributed by atoms with Crippen molar-refractivity contribution in [3.05, 3.63) is 24.3 Å². The molecule has 0 N–H and O–H groups in total. The summed E-state index contributed by atoms with van der Waals surface area (Å²) in [6, 6.07) is 0. The molecule has 2 aliphatic carbocycles. The summed E-state index contributed by atoms with van der Waals surface area (Å²) in [5.74, 6) is 2.90. The molecular weight excluding hydrogens is 168 g/mol. The molecule has 1 unspecified atom stereocenters. The number of hydrogen-bond acceptors (Lipinski definition) is 0. The summed E-state index contributed by atoms with van der Waals surface area (Å²) in [6.07, 6.45) is 18.0. The second-order valence-electron chi connectivity index (χ2n) is 4.91. The molecule has 0 aliphatic heterocycles. The maximum Gasteiger partial charge on any atom is -0.0171 e. The van der Waals surface area contributed by atoms with Crippen LogP contribution in [0.15, 0.2) is 24.3 Å². The zero-order chi connectivity index (χ0) is 9.80. The summed E-state index contributed by atoms with van der Waals surface area (Å²) in [6.45, 7) is 2.14. The minimum atomic E-state index is 0.843. The van der Waals surface area contributed by atoms with Crippen molar-refractivity contribution in [3.63, 3.8) is 0 Å². The molecular formula is C14H22. The van der Waals surface area contributed by atoms with Crippen molar-refractivity contribution in [2.45, 2.75) is 45.4 Å². The summed E-state index contributed by atoms with van der Waals surface area (Å²) in [4.78, 5) is 0. The van der Waals surface area contributed by atoms with Crippen LogP contribution in [0, 0.1) is 17.8 Å². The van der Waals surface area contributed by atoms with Gasteiger partial charge in [-0.3, -0.25) is 0 Å². The fourth-order valence-electron chi connectivity index (χ4n) is 2.10. The lowest BCUT2D eigenvalue weighted by molar-refractivity contribution is 0.575. The van der Waals surface area contributed by atoms with E-state index in [0.717, 1.165) is 17.8 Å². The minimum absolute atomic E-state index is 0.843. The van der Waals surface area contributed by atoms with E-state index >= 15 is 0 Å². The maximum absolute atomic E-state index is 2.42. The van der Waals surface area contributed by atoms with Crippen molar-refractivity contribution in [2.75, 3.05) is 0 Å². The van der Waals surface area contributed by atoms with Crippen molar-refractivity contribution in [2.24, 2.45) is 17.8 Å². The Morgan fingerprint density at radius 2 is 1.93 bits per heavy atom. The first-order chi connectivity index (χ1) is 6.90. The van der Waals surface area contributed by atoms with E-state index in [1.807, 2.05) is 0 Å². The summed E-state index contributed by atoms with van der Waals surface area (Å²) in [5.41, 5.74) is 0. The Morgan fingerprint density at radius 1 is 1.14 bits per heavy atom. The predicted octanol–water partition coefficient (Wildman–Crippen LogP) is 4.34. The Labute approximate surface area is 88.1 Å². The van der Waals surface area contributed by atoms with Gasteiger partial charge >= 0.3 is 0 Å². The van der Waals surface area contributed by atoms with E-state index in [4.69, 9.17) is 0 Å². The van der Waals surface area contributed by atoms with Crippen molar-refractivity contribution in [1.29, 1.82) is 0 Å². The smallest absolute Gasteiger partial charge is 0.0171 e. The van der Waals surface area contributed by atoms with E-state index < -0.39 is 0 Å². The molecule has 0 aromatic heterocycles. The van der Waals surface area contributed by atoms with Crippen LogP contribution in [0.4, 0.5) is 0 Å². The van der Waals surface area contributed by atoms with E-state index in [1.54, 1.807) is 0 Å². The molecule has 0 heteroatoms. The number of allylic oxidation sites excluding steroid dienone is 4. The average Bonchev–Trinajstić information content (AvgIpc) is 3.03. The average molecular weight is 190 g/mol. The van der Waals surface area contributed by atoms with Gasteiger partial charge in [0.25, 0.3) is 0 Å². The van der Waals surface area contributed by atoms with E-state index in [9.17, 15) is 0 Å². The quantitative estimate of drug-likeness (QED) is 0.547. The van der Waals surface area contributed by atoms with Gasteiger partial charge in [-0.25, -0.2) is 0 Å². The van der Waals surface area contributed by atoms with Gasteiger partial charge in [0.1, 0.15) is 0 Å². The fraction of sp³-hybridized carbons (Fsp3) is 0.714. The molecule has 0 radical (unpaired) electrons. The van der Waals surface area contributed by atoms with Crippen LogP contribution in [0.3, 0.4) is 0 Å². The first-order valence-corrected chi connectivity index (χ1v) is 6.18. The van der Waals surface area contributed by atoms with Crippen molar-refractivity contribution >= 4 is 0 Å². The van der Waals surface area contributed by atoms with Gasteiger partial charge in [0.2, 0.25) is 0 Å². The molecule has 14 heavy (non-hydrogen) atoms. The summed E-state index contributed by atoms with van der Waals surface area (Å²) in [7, 11) is 0. The van der Waals surface area contributed by atoms with Crippen LogP contribution in [0.2, 0.25) is 0 Å². The highest BCUT2D eigenvalue weighted by Crippen LogP contribution is 2.39. The Bertz CT molecular complexity index is 216. The molecule has 0 aromatic rings. The molecule has 0 nitrogen and oxygen atoms in total. The molecule has 0 spiro atoms. The van der Waals surface area contributed by atoms with Crippen molar-refractivity contribution in [3.8, 4) is 0 Å². The minimum Gasteiger partial charge on any atom is -0.0914 e. The van der Waals surface area contributed by atoms with Crippen molar-refractivity contribution < 1.29 is 0 Å². The van der Waals surface area contributed by atoms with Gasteiger partial charge < -0.3 is 0 Å². The number of hydrogen-bond donors (Lipinski definition) is 0. The predicted molar refractivity (Wildman–Crippen MR) is 62.1 cm³/mol. The second kappa shape index (κ2) is 4.82. The van der Waals surface area contributed by atoms with Gasteiger partial charge in [-0.05, 0) is 63.2 Å². The fourth-order valence-corrected chi connectivity index (χ4v) is 2.10. The van der Waals surface area contributed by atoms with Gasteiger partial charge in [0.05, 0.1) is 0 Å². The highest BCUT2D eigenvalue weighted by atomic mass is 14.3. The molecule has 0 aromatic carbocycles. The van der Waals surface area contributed by atoms with E-state index in [2.05, 4.69) is 31.2 Å². The zero-order valence-corrected chi connectivity index (χ0v) is 9.28. The normalized spacial score (nSPS) is 24.9. The largest absolute Gasteiger partial charge is 0.0914 e. The topological polar surface area (TPSA) is 0 Å². The summed E-state index contributed by atoms with van der Waals surface area (Å²) >= 11 is 0. The lowest BCUT2D eigenvalue weighted by Gasteiger charge is -2.07. The van der Waals surface area contributed by atoms with Crippen LogP contribution < -0.4 is 0 Å². The van der Waals surface area contributed by atoms with E-state index in [1.165, 1.54) is 38.5 Å². The molecule has 2 fully saturated rings. The molecule has 78 valence electrons. The molecule has 0 amide bonds. The lowest BCUT2D eigenvalue weighted by atomic mass is 9.98. The van der Waals surface area contributed by atoms with Gasteiger partial charge in [-0.1, -0.05) is 24.3 Å². The van der Waals surface area contributed by atoms with Crippen LogP contribution in [-0.4, -0.2) is 0 Å². The Balaban J connectivity index is 1.67. The Morgan fingerprint density at radius 3 is 2.50 bits per heavy atom. The third kappa shape index (κ3) is 3.32. The second-order valence-corrected chi connectivity index (χ2v) is 4.91. The highest BCUT2D eigenvalue weighted by Gasteiger charge is 2.28. The van der Waals surface area contributed by atoms with Gasteiger partial charge in [0.15, 0.2) is 0 Å². The molecule has 1 atom stereocenters. The SMILES string of the molecule is CC=CC(CC=CCC1CC1)C1CC1. The molecule has 0 saturated heterocycles. The van der Waals surface area contributed by atoms with Gasteiger partial charge in [-0.2, -0.15) is 0 Å². The van der Waals surface area contributed by atoms with Crippen LogP contribution in [-0.2, 0) is 0 Å². The lowest BCUT2D eigenvalue weighted by Crippen LogP contribution is -1.96. The maximum atomic E-state index is 2.42. The van der Waals surface area contributed by atoms with Gasteiger partial charge in [-0.15, -0.1) is 0 Å². The van der Waals surface area contributed by atoms with Crippen molar-refractivity contribution in [1.82, 2.24) is 0 Å². The number of rotatable bonds is 6. The molecule has 0 heterocycles. The molecule has 2 rings (SSSR count). The van der Waals surface area contributed by atoms with Gasteiger partial charge in [0, 0.05) is 0 Å². The van der Waals surface area contributed by atoms with Crippen LogP contribution in [0.1, 0.15) is 45.4 Å². The third-order valence-electron chi connectivity index (χ3n) is 3.41. The zero-order valence-electron chi connectivity index (χ0n) is 9.28. The van der Waals surface area contributed by atoms with E-state index in [-0.39, 0.29) is 0 Å². The standard InChI is InChI=1S/C14H22/c1-2-5-13(14-10-11-14)7-4-3-6-12-8-9-12/h2-5,12-14H,6-11H2,1H3. The first kappa shape index (κ1) is 10.0.